The summed E-state index contributed by atoms with van der Waals surface area (Å²) < 4.78 is 8.42. The lowest BCUT2D eigenvalue weighted by Gasteiger charge is -2.13. The molecule has 3 aromatic heterocycles. The van der Waals surface area contributed by atoms with Gasteiger partial charge in [0, 0.05) is 19.0 Å². The van der Waals surface area contributed by atoms with Crippen molar-refractivity contribution in [2.45, 2.75) is 19.3 Å². The normalized spacial score (nSPS) is 16.3. The third-order valence-electron chi connectivity index (χ3n) is 5.71. The van der Waals surface area contributed by atoms with Gasteiger partial charge in [-0.25, -0.2) is 14.5 Å². The van der Waals surface area contributed by atoms with Crippen LogP contribution in [0.3, 0.4) is 0 Å². The van der Waals surface area contributed by atoms with Crippen LogP contribution >= 0.6 is 11.3 Å². The number of methoxy groups -OCH3 is 1. The number of nitrogens with zero attached hydrogens (tertiary/aromatic N) is 5. The highest BCUT2D eigenvalue weighted by atomic mass is 32.1. The van der Waals surface area contributed by atoms with Crippen molar-refractivity contribution in [2.75, 3.05) is 25.9 Å². The van der Waals surface area contributed by atoms with Crippen molar-refractivity contribution in [3.63, 3.8) is 0 Å². The number of imidazole rings is 1. The summed E-state index contributed by atoms with van der Waals surface area (Å²) >= 11 is 1.61. The third kappa shape index (κ3) is 3.12. The van der Waals surface area contributed by atoms with Crippen LogP contribution in [0, 0.1) is 6.92 Å². The number of ether oxygens (including phenoxy) is 1. The Labute approximate surface area is 183 Å². The van der Waals surface area contributed by atoms with E-state index in [4.69, 9.17) is 15.5 Å². The number of carbonyl (C=O) groups is 1. The fourth-order valence-corrected chi connectivity index (χ4v) is 5.37. The Morgan fingerprint density at radius 2 is 2.23 bits per heavy atom. The van der Waals surface area contributed by atoms with Gasteiger partial charge in [-0.2, -0.15) is 5.10 Å². The minimum absolute atomic E-state index is 0.0607. The summed E-state index contributed by atoms with van der Waals surface area (Å²) in [5.74, 6) is 2.00. The molecule has 0 unspecified atom stereocenters. The number of anilines is 1. The molecule has 0 bridgehead atoms. The summed E-state index contributed by atoms with van der Waals surface area (Å²) in [6.45, 7) is 6.88. The topological polar surface area (TPSA) is 98.6 Å². The van der Waals surface area contributed by atoms with E-state index >= 15 is 0 Å². The zero-order valence-corrected chi connectivity index (χ0v) is 18.1. The Hall–Kier alpha value is -3.46. The van der Waals surface area contributed by atoms with Gasteiger partial charge in [-0.15, -0.1) is 11.3 Å². The number of hydrogen-bond donors (Lipinski definition) is 1. The molecule has 1 fully saturated rings. The fourth-order valence-electron chi connectivity index (χ4n) is 4.25. The van der Waals surface area contributed by atoms with Crippen molar-refractivity contribution < 1.29 is 9.53 Å². The van der Waals surface area contributed by atoms with Crippen molar-refractivity contribution in [3.8, 4) is 16.3 Å². The van der Waals surface area contributed by atoms with Crippen LogP contribution in [0.1, 0.15) is 23.7 Å². The minimum atomic E-state index is -0.0651. The largest absolute Gasteiger partial charge is 0.495 e. The number of aryl methyl sites for hydroxylation is 1. The minimum Gasteiger partial charge on any atom is -0.495 e. The molecule has 0 saturated carbocycles. The predicted octanol–water partition coefficient (Wildman–Crippen LogP) is 3.41. The number of hydrogen-bond acceptors (Lipinski definition) is 7. The van der Waals surface area contributed by atoms with Crippen molar-refractivity contribution in [2.24, 2.45) is 0 Å². The maximum atomic E-state index is 12.0. The number of benzene rings is 1. The number of nitrogen functional groups attached to an aromatic ring is 1. The van der Waals surface area contributed by atoms with Crippen molar-refractivity contribution in [1.29, 1.82) is 0 Å². The van der Waals surface area contributed by atoms with Crippen LogP contribution < -0.4 is 10.5 Å². The molecule has 0 aliphatic carbocycles. The molecule has 9 heteroatoms. The summed E-state index contributed by atoms with van der Waals surface area (Å²) in [5, 5.41) is 5.54. The average molecular weight is 435 g/mol. The molecule has 4 aromatic rings. The summed E-state index contributed by atoms with van der Waals surface area (Å²) in [4.78, 5) is 24.0. The van der Waals surface area contributed by atoms with Gasteiger partial charge in [0.15, 0.2) is 5.82 Å². The SMILES string of the molecule is C=CC(=O)N1CC[C@H](c2nc(-c3cc4cc(C)cc(OC)c4s3)c3c(N)ncnn23)C1. The van der Waals surface area contributed by atoms with Gasteiger partial charge in [-0.3, -0.25) is 4.79 Å². The zero-order valence-electron chi connectivity index (χ0n) is 17.3. The van der Waals surface area contributed by atoms with Crippen LogP contribution in [-0.2, 0) is 4.79 Å². The zero-order chi connectivity index (χ0) is 21.7. The predicted molar refractivity (Wildman–Crippen MR) is 121 cm³/mol. The van der Waals surface area contributed by atoms with Crippen molar-refractivity contribution >= 4 is 38.7 Å². The van der Waals surface area contributed by atoms with E-state index in [0.717, 1.165) is 44.2 Å². The van der Waals surface area contributed by atoms with Crippen molar-refractivity contribution in [3.05, 3.63) is 48.6 Å². The monoisotopic (exact) mass is 434 g/mol. The smallest absolute Gasteiger partial charge is 0.245 e. The van der Waals surface area contributed by atoms with E-state index in [2.05, 4.69) is 28.8 Å². The number of fused-ring (bicyclic) bond motifs is 2. The van der Waals surface area contributed by atoms with Gasteiger partial charge in [-0.1, -0.05) is 12.6 Å². The standard InChI is InChI=1S/C22H22N6O2S/c1-4-17(29)27-6-5-13(10-27)22-26-18(19-21(23)24-11-25-28(19)22)16-9-14-7-12(2)8-15(30-3)20(14)31-16/h4,7-9,11,13H,1,5-6,10H2,2-3H3,(H2,23,24,25)/t13-/m0/s1. The van der Waals surface area contributed by atoms with Gasteiger partial charge in [0.05, 0.1) is 16.7 Å². The van der Waals surface area contributed by atoms with Gasteiger partial charge in [-0.05, 0) is 42.5 Å². The lowest BCUT2D eigenvalue weighted by atomic mass is 10.1. The molecule has 4 heterocycles. The van der Waals surface area contributed by atoms with Gasteiger partial charge >= 0.3 is 0 Å². The van der Waals surface area contributed by atoms with E-state index in [-0.39, 0.29) is 11.8 Å². The first kappa shape index (κ1) is 19.5. The maximum Gasteiger partial charge on any atom is 0.245 e. The number of thiophene rings is 1. The first-order valence-electron chi connectivity index (χ1n) is 9.99. The first-order valence-corrected chi connectivity index (χ1v) is 10.8. The third-order valence-corrected chi connectivity index (χ3v) is 6.88. The van der Waals surface area contributed by atoms with Crippen LogP contribution in [0.25, 0.3) is 26.2 Å². The number of rotatable bonds is 4. The highest BCUT2D eigenvalue weighted by molar-refractivity contribution is 7.22. The maximum absolute atomic E-state index is 12.0. The van der Waals surface area contributed by atoms with Crippen LogP contribution in [0.5, 0.6) is 5.75 Å². The first-order chi connectivity index (χ1) is 15.0. The molecular weight excluding hydrogens is 412 g/mol. The summed E-state index contributed by atoms with van der Waals surface area (Å²) in [7, 11) is 1.68. The second-order valence-electron chi connectivity index (χ2n) is 7.69. The van der Waals surface area contributed by atoms with E-state index in [9.17, 15) is 4.79 Å². The molecule has 158 valence electrons. The molecular formula is C22H22N6O2S. The summed E-state index contributed by atoms with van der Waals surface area (Å²) in [5.41, 5.74) is 8.84. The molecule has 1 atom stereocenters. The van der Waals surface area contributed by atoms with Crippen LogP contribution in [0.4, 0.5) is 5.82 Å². The number of aromatic nitrogens is 4. The average Bonchev–Trinajstić information content (AvgIpc) is 3.48. The van der Waals surface area contributed by atoms with Gasteiger partial charge in [0.1, 0.15) is 29.1 Å². The van der Waals surface area contributed by atoms with E-state index in [1.807, 2.05) is 13.0 Å². The molecule has 2 N–H and O–H groups in total. The second kappa shape index (κ2) is 7.35. The lowest BCUT2D eigenvalue weighted by molar-refractivity contribution is -0.125. The second-order valence-corrected chi connectivity index (χ2v) is 8.75. The number of carbonyl (C=O) groups excluding carboxylic acids is 1. The molecule has 1 amide bonds. The molecule has 31 heavy (non-hydrogen) atoms. The van der Waals surface area contributed by atoms with Crippen LogP contribution in [0.15, 0.2) is 37.2 Å². The Bertz CT molecular complexity index is 1340. The molecule has 5 rings (SSSR count). The van der Waals surface area contributed by atoms with E-state index in [1.165, 1.54) is 12.4 Å². The quantitative estimate of drug-likeness (QED) is 0.494. The van der Waals surface area contributed by atoms with Gasteiger partial charge < -0.3 is 15.4 Å². The van der Waals surface area contributed by atoms with Crippen molar-refractivity contribution in [1.82, 2.24) is 24.5 Å². The molecule has 1 aliphatic heterocycles. The van der Waals surface area contributed by atoms with Crippen LogP contribution in [-0.4, -0.2) is 50.6 Å². The Kier molecular flexibility index (Phi) is 4.62. The highest BCUT2D eigenvalue weighted by Crippen LogP contribution is 2.42. The molecule has 0 spiro atoms. The summed E-state index contributed by atoms with van der Waals surface area (Å²) in [6, 6.07) is 6.27. The van der Waals surface area contributed by atoms with Gasteiger partial charge in [0.2, 0.25) is 5.91 Å². The van der Waals surface area contributed by atoms with Gasteiger partial charge in [0.25, 0.3) is 0 Å². The Balaban J connectivity index is 1.66. The molecule has 1 saturated heterocycles. The molecule has 1 aromatic carbocycles. The molecule has 8 nitrogen and oxygen atoms in total. The Morgan fingerprint density at radius 1 is 1.39 bits per heavy atom. The van der Waals surface area contributed by atoms with E-state index in [1.54, 1.807) is 27.9 Å². The molecule has 1 aliphatic rings. The lowest BCUT2D eigenvalue weighted by Crippen LogP contribution is -2.26. The molecule has 0 radical (unpaired) electrons. The highest BCUT2D eigenvalue weighted by Gasteiger charge is 2.31. The fraction of sp³-hybridized carbons (Fsp3) is 0.273. The van der Waals surface area contributed by atoms with E-state index < -0.39 is 0 Å². The number of likely N-dealkylation sites (tertiary alicyclic amines) is 1. The Morgan fingerprint density at radius 3 is 3.00 bits per heavy atom. The van der Waals surface area contributed by atoms with Crippen LogP contribution in [0.2, 0.25) is 0 Å². The van der Waals surface area contributed by atoms with E-state index in [0.29, 0.717) is 24.4 Å². The number of nitrogens with two attached hydrogens (primary N) is 1. The summed E-state index contributed by atoms with van der Waals surface area (Å²) in [6.07, 6.45) is 3.60. The number of amides is 1.